The predicted molar refractivity (Wildman–Crippen MR) is 124 cm³/mol. The molecule has 1 atom stereocenters. The molecule has 2 amide bonds. The maximum Gasteiger partial charge on any atom is 0.338 e. The lowest BCUT2D eigenvalue weighted by Gasteiger charge is -2.37. The molecule has 1 saturated heterocycles. The topological polar surface area (TPSA) is 118 Å². The number of carbonyl (C=O) groups is 2. The van der Waals surface area contributed by atoms with E-state index in [9.17, 15) is 9.59 Å². The summed E-state index contributed by atoms with van der Waals surface area (Å²) in [5, 5.41) is 5.65. The summed E-state index contributed by atoms with van der Waals surface area (Å²) >= 11 is 0. The molecule has 0 spiro atoms. The second-order valence-electron chi connectivity index (χ2n) is 7.84. The number of benzene rings is 1. The molecule has 34 heavy (non-hydrogen) atoms. The van der Waals surface area contributed by atoms with Crippen LogP contribution in [0.4, 0.5) is 10.7 Å². The van der Waals surface area contributed by atoms with Gasteiger partial charge < -0.3 is 29.7 Å². The number of aromatic nitrogens is 2. The fourth-order valence-corrected chi connectivity index (χ4v) is 4.16. The first-order chi connectivity index (χ1) is 16.5. The van der Waals surface area contributed by atoms with Crippen LogP contribution in [0.1, 0.15) is 11.6 Å². The summed E-state index contributed by atoms with van der Waals surface area (Å²) in [5.74, 6) is 1.23. The molecular formula is C23H28N6O5. The molecule has 1 aromatic heterocycles. The summed E-state index contributed by atoms with van der Waals surface area (Å²) in [5.41, 5.74) is 1.54. The second-order valence-corrected chi connectivity index (χ2v) is 7.84. The Morgan fingerprint density at radius 3 is 2.41 bits per heavy atom. The third-order valence-corrected chi connectivity index (χ3v) is 5.89. The fourth-order valence-electron chi connectivity index (χ4n) is 4.16. The van der Waals surface area contributed by atoms with E-state index in [-0.39, 0.29) is 0 Å². The Labute approximate surface area is 197 Å². The lowest BCUT2D eigenvalue weighted by atomic mass is 9.94. The first-order valence-corrected chi connectivity index (χ1v) is 10.9. The number of methoxy groups -OCH3 is 3. The Morgan fingerprint density at radius 2 is 1.76 bits per heavy atom. The SMILES string of the molecule is COC(=O)C1=C(CN2CCN(c3ncccn3)CC2)NC(=O)NC1c1ccc(OC)c(OC)c1. The molecule has 2 aromatic rings. The van der Waals surface area contributed by atoms with Crippen LogP contribution < -0.4 is 25.0 Å². The standard InChI is InChI=1S/C23H28N6O5/c1-32-17-6-5-15(13-18(17)33-2)20-19(21(30)34-3)16(26-23(31)27-20)14-28-9-11-29(12-10-28)22-24-7-4-8-25-22/h4-8,13,20H,9-12,14H2,1-3H3,(H2,26,27,31). The zero-order valence-electron chi connectivity index (χ0n) is 19.4. The van der Waals surface area contributed by atoms with Crippen molar-refractivity contribution in [1.82, 2.24) is 25.5 Å². The predicted octanol–water partition coefficient (Wildman–Crippen LogP) is 1.10. The smallest absolute Gasteiger partial charge is 0.338 e. The van der Waals surface area contributed by atoms with E-state index >= 15 is 0 Å². The van der Waals surface area contributed by atoms with Crippen molar-refractivity contribution in [1.29, 1.82) is 0 Å². The lowest BCUT2D eigenvalue weighted by molar-refractivity contribution is -0.136. The zero-order valence-corrected chi connectivity index (χ0v) is 19.4. The number of nitrogens with zero attached hydrogens (tertiary/aromatic N) is 4. The molecule has 2 N–H and O–H groups in total. The number of nitrogens with one attached hydrogen (secondary N) is 2. The van der Waals surface area contributed by atoms with Gasteiger partial charge in [-0.3, -0.25) is 4.90 Å². The number of urea groups is 1. The molecule has 2 aliphatic heterocycles. The van der Waals surface area contributed by atoms with Gasteiger partial charge >= 0.3 is 12.0 Å². The average molecular weight is 469 g/mol. The molecule has 11 heteroatoms. The van der Waals surface area contributed by atoms with Crippen LogP contribution >= 0.6 is 0 Å². The molecule has 180 valence electrons. The Balaban J connectivity index is 1.58. The van der Waals surface area contributed by atoms with Crippen LogP contribution in [0.2, 0.25) is 0 Å². The molecule has 0 aliphatic carbocycles. The minimum Gasteiger partial charge on any atom is -0.493 e. The first kappa shape index (κ1) is 23.3. The van der Waals surface area contributed by atoms with E-state index in [1.165, 1.54) is 14.2 Å². The molecular weight excluding hydrogens is 440 g/mol. The average Bonchev–Trinajstić information content (AvgIpc) is 2.88. The Hall–Kier alpha value is -3.86. The fraction of sp³-hybridized carbons (Fsp3) is 0.391. The van der Waals surface area contributed by atoms with Crippen molar-refractivity contribution in [3.8, 4) is 11.5 Å². The highest BCUT2D eigenvalue weighted by atomic mass is 16.5. The summed E-state index contributed by atoms with van der Waals surface area (Å²) in [6.07, 6.45) is 3.45. The van der Waals surface area contributed by atoms with Gasteiger partial charge in [-0.1, -0.05) is 6.07 Å². The summed E-state index contributed by atoms with van der Waals surface area (Å²) in [7, 11) is 4.41. The molecule has 0 radical (unpaired) electrons. The van der Waals surface area contributed by atoms with E-state index in [4.69, 9.17) is 14.2 Å². The van der Waals surface area contributed by atoms with Crippen molar-refractivity contribution >= 4 is 17.9 Å². The van der Waals surface area contributed by atoms with Crippen LogP contribution in [-0.2, 0) is 9.53 Å². The second kappa shape index (κ2) is 10.4. The van der Waals surface area contributed by atoms with Crippen molar-refractivity contribution in [2.75, 3.05) is 59.0 Å². The summed E-state index contributed by atoms with van der Waals surface area (Å²) in [4.78, 5) is 38.3. The molecule has 1 fully saturated rings. The van der Waals surface area contributed by atoms with Crippen LogP contribution in [0.3, 0.4) is 0 Å². The van der Waals surface area contributed by atoms with Crippen LogP contribution in [-0.4, -0.2) is 80.9 Å². The van der Waals surface area contributed by atoms with Gasteiger partial charge in [-0.2, -0.15) is 0 Å². The number of piperazine rings is 1. The van der Waals surface area contributed by atoms with Gasteiger partial charge in [0.25, 0.3) is 0 Å². The van der Waals surface area contributed by atoms with Crippen LogP contribution in [0.25, 0.3) is 0 Å². The number of rotatable bonds is 7. The van der Waals surface area contributed by atoms with Gasteiger partial charge in [-0.05, 0) is 23.8 Å². The van der Waals surface area contributed by atoms with Crippen LogP contribution in [0.15, 0.2) is 47.9 Å². The Bertz CT molecular complexity index is 1070. The molecule has 1 unspecified atom stereocenters. The van der Waals surface area contributed by atoms with Crippen LogP contribution in [0, 0.1) is 0 Å². The lowest BCUT2D eigenvalue weighted by Crippen LogP contribution is -2.52. The van der Waals surface area contributed by atoms with Gasteiger partial charge in [0, 0.05) is 50.8 Å². The highest BCUT2D eigenvalue weighted by Crippen LogP contribution is 2.34. The highest BCUT2D eigenvalue weighted by molar-refractivity contribution is 5.95. The largest absolute Gasteiger partial charge is 0.493 e. The molecule has 0 saturated carbocycles. The maximum absolute atomic E-state index is 12.9. The van der Waals surface area contributed by atoms with Gasteiger partial charge in [-0.15, -0.1) is 0 Å². The molecule has 11 nitrogen and oxygen atoms in total. The van der Waals surface area contributed by atoms with Crippen molar-refractivity contribution < 1.29 is 23.8 Å². The van der Waals surface area contributed by atoms with E-state index in [0.29, 0.717) is 40.8 Å². The summed E-state index contributed by atoms with van der Waals surface area (Å²) in [6, 6.07) is 5.97. The Morgan fingerprint density at radius 1 is 1.06 bits per heavy atom. The van der Waals surface area contributed by atoms with Crippen LogP contribution in [0.5, 0.6) is 11.5 Å². The van der Waals surface area contributed by atoms with Gasteiger partial charge in [0.1, 0.15) is 0 Å². The van der Waals surface area contributed by atoms with Crippen molar-refractivity contribution in [3.05, 3.63) is 53.5 Å². The summed E-state index contributed by atoms with van der Waals surface area (Å²) < 4.78 is 15.8. The molecule has 4 rings (SSSR count). The van der Waals surface area contributed by atoms with Gasteiger partial charge in [0.05, 0.1) is 32.9 Å². The number of carbonyl (C=O) groups excluding carboxylic acids is 2. The van der Waals surface area contributed by atoms with E-state index in [1.807, 2.05) is 0 Å². The number of anilines is 1. The van der Waals surface area contributed by atoms with Crippen molar-refractivity contribution in [2.24, 2.45) is 0 Å². The number of hydrogen-bond donors (Lipinski definition) is 2. The van der Waals surface area contributed by atoms with Crippen molar-refractivity contribution in [2.45, 2.75) is 6.04 Å². The van der Waals surface area contributed by atoms with Gasteiger partial charge in [0.15, 0.2) is 11.5 Å². The van der Waals surface area contributed by atoms with Gasteiger partial charge in [0.2, 0.25) is 5.95 Å². The molecule has 0 bridgehead atoms. The third kappa shape index (κ3) is 4.88. The zero-order chi connectivity index (χ0) is 24.1. The minimum absolute atomic E-state index is 0.350. The van der Waals surface area contributed by atoms with E-state index < -0.39 is 18.0 Å². The maximum atomic E-state index is 12.9. The Kier molecular flexibility index (Phi) is 7.12. The van der Waals surface area contributed by atoms with E-state index in [0.717, 1.165) is 26.2 Å². The molecule has 3 heterocycles. The van der Waals surface area contributed by atoms with E-state index in [2.05, 4.69) is 30.4 Å². The monoisotopic (exact) mass is 468 g/mol. The quantitative estimate of drug-likeness (QED) is 0.576. The number of ether oxygens (including phenoxy) is 3. The highest BCUT2D eigenvalue weighted by Gasteiger charge is 2.35. The first-order valence-electron chi connectivity index (χ1n) is 10.9. The molecule has 1 aromatic carbocycles. The number of esters is 1. The van der Waals surface area contributed by atoms with E-state index in [1.54, 1.807) is 43.8 Å². The normalized spacial score (nSPS) is 18.7. The summed E-state index contributed by atoms with van der Waals surface area (Å²) in [6.45, 7) is 3.30. The minimum atomic E-state index is -0.699. The molecule has 2 aliphatic rings. The number of hydrogen-bond acceptors (Lipinski definition) is 9. The van der Waals surface area contributed by atoms with Crippen molar-refractivity contribution in [3.63, 3.8) is 0 Å². The van der Waals surface area contributed by atoms with Gasteiger partial charge in [-0.25, -0.2) is 19.6 Å². The number of amides is 2. The third-order valence-electron chi connectivity index (χ3n) is 5.89.